The van der Waals surface area contributed by atoms with E-state index in [0.29, 0.717) is 40.4 Å². The summed E-state index contributed by atoms with van der Waals surface area (Å²) in [5.74, 6) is 1.25. The van der Waals surface area contributed by atoms with Crippen molar-refractivity contribution in [2.75, 3.05) is 7.11 Å². The first kappa shape index (κ1) is 19.3. The van der Waals surface area contributed by atoms with Crippen LogP contribution in [0.25, 0.3) is 27.9 Å². The van der Waals surface area contributed by atoms with Gasteiger partial charge >= 0.3 is 0 Å². The van der Waals surface area contributed by atoms with E-state index in [9.17, 15) is 4.79 Å². The summed E-state index contributed by atoms with van der Waals surface area (Å²) in [6.07, 6.45) is 3.92. The first-order chi connectivity index (χ1) is 15.1. The lowest BCUT2D eigenvalue weighted by atomic mass is 10.1. The van der Waals surface area contributed by atoms with Crippen molar-refractivity contribution in [3.63, 3.8) is 0 Å². The van der Waals surface area contributed by atoms with Crippen molar-refractivity contribution >= 4 is 28.3 Å². The number of methoxy groups -OCH3 is 1. The monoisotopic (exact) mass is 431 g/mol. The molecule has 5 rings (SSSR count). The lowest BCUT2D eigenvalue weighted by Gasteiger charge is -2.12. The molecule has 0 unspecified atom stereocenters. The van der Waals surface area contributed by atoms with Gasteiger partial charge in [-0.3, -0.25) is 4.79 Å². The molecule has 3 aromatic heterocycles. The third-order valence-corrected chi connectivity index (χ3v) is 5.51. The Morgan fingerprint density at radius 3 is 2.55 bits per heavy atom. The number of fused-ring (bicyclic) bond motifs is 2. The number of aromatic nitrogens is 5. The van der Waals surface area contributed by atoms with Gasteiger partial charge in [0.1, 0.15) is 12.1 Å². The number of halogens is 1. The van der Waals surface area contributed by atoms with E-state index in [2.05, 4.69) is 15.1 Å². The largest absolute Gasteiger partial charge is 0.497 e. The summed E-state index contributed by atoms with van der Waals surface area (Å²) in [7, 11) is 1.64. The van der Waals surface area contributed by atoms with E-state index in [1.807, 2.05) is 42.5 Å². The summed E-state index contributed by atoms with van der Waals surface area (Å²) in [4.78, 5) is 22.2. The fourth-order valence-electron chi connectivity index (χ4n) is 3.66. The van der Waals surface area contributed by atoms with E-state index in [4.69, 9.17) is 16.3 Å². The van der Waals surface area contributed by atoms with Crippen LogP contribution in [0.3, 0.4) is 0 Å². The molecule has 0 fully saturated rings. The molecule has 0 aliphatic carbocycles. The minimum Gasteiger partial charge on any atom is -0.497 e. The number of hydrogen-bond donors (Lipinski definition) is 0. The van der Waals surface area contributed by atoms with Gasteiger partial charge in [0, 0.05) is 23.3 Å². The Morgan fingerprint density at radius 1 is 1.03 bits per heavy atom. The van der Waals surface area contributed by atoms with E-state index in [0.717, 1.165) is 16.9 Å². The van der Waals surface area contributed by atoms with E-state index in [1.165, 1.54) is 6.33 Å². The molecule has 0 aliphatic heterocycles. The van der Waals surface area contributed by atoms with Gasteiger partial charge in [0.15, 0.2) is 0 Å². The van der Waals surface area contributed by atoms with Crippen LogP contribution in [0, 0.1) is 0 Å². The standard InChI is InChI=1S/C23H18ClN5O2/c1-31-18-8-2-15(3-9-18)10-12-28-13-11-19-20(22(28)30)21(16-4-6-17(24)7-5-16)29-23(27-19)25-14-26-29/h2-9,11,13-14H,10,12H2,1H3. The lowest BCUT2D eigenvalue weighted by molar-refractivity contribution is 0.414. The second-order valence-corrected chi connectivity index (χ2v) is 7.55. The Bertz CT molecular complexity index is 1440. The zero-order valence-electron chi connectivity index (χ0n) is 16.7. The SMILES string of the molecule is COc1ccc(CCn2ccc3nc4ncnn4c(-c4ccc(Cl)cc4)c3c2=O)cc1. The van der Waals surface area contributed by atoms with Crippen LogP contribution in [0.4, 0.5) is 0 Å². The predicted octanol–water partition coefficient (Wildman–Crippen LogP) is 4.01. The molecule has 0 saturated heterocycles. The van der Waals surface area contributed by atoms with Gasteiger partial charge in [-0.2, -0.15) is 14.6 Å². The summed E-state index contributed by atoms with van der Waals surface area (Å²) in [5, 5.41) is 5.42. The lowest BCUT2D eigenvalue weighted by Crippen LogP contribution is -2.22. The van der Waals surface area contributed by atoms with Gasteiger partial charge in [-0.25, -0.2) is 4.98 Å². The van der Waals surface area contributed by atoms with Gasteiger partial charge in [-0.15, -0.1) is 0 Å². The van der Waals surface area contributed by atoms with Gasteiger partial charge in [0.05, 0.1) is 23.7 Å². The molecular weight excluding hydrogens is 414 g/mol. The number of hydrogen-bond acceptors (Lipinski definition) is 5. The quantitative estimate of drug-likeness (QED) is 0.420. The van der Waals surface area contributed by atoms with Gasteiger partial charge < -0.3 is 9.30 Å². The highest BCUT2D eigenvalue weighted by atomic mass is 35.5. The number of aryl methyl sites for hydroxylation is 2. The molecule has 0 atom stereocenters. The number of rotatable bonds is 5. The first-order valence-electron chi connectivity index (χ1n) is 9.76. The van der Waals surface area contributed by atoms with Crippen molar-refractivity contribution in [1.29, 1.82) is 0 Å². The summed E-state index contributed by atoms with van der Waals surface area (Å²) < 4.78 is 8.51. The number of pyridine rings is 1. The zero-order chi connectivity index (χ0) is 21.4. The molecule has 0 spiro atoms. The summed E-state index contributed by atoms with van der Waals surface area (Å²) in [5.41, 5.74) is 3.04. The molecule has 154 valence electrons. The third-order valence-electron chi connectivity index (χ3n) is 5.26. The number of nitrogens with zero attached hydrogens (tertiary/aromatic N) is 5. The van der Waals surface area contributed by atoms with E-state index in [1.54, 1.807) is 34.5 Å². The van der Waals surface area contributed by atoms with Crippen molar-refractivity contribution in [2.45, 2.75) is 13.0 Å². The van der Waals surface area contributed by atoms with Gasteiger partial charge in [0.2, 0.25) is 0 Å². The minimum atomic E-state index is -0.124. The number of benzene rings is 2. The highest BCUT2D eigenvalue weighted by molar-refractivity contribution is 6.30. The highest BCUT2D eigenvalue weighted by Crippen LogP contribution is 2.27. The maximum Gasteiger partial charge on any atom is 0.262 e. The molecule has 0 bridgehead atoms. The van der Waals surface area contributed by atoms with E-state index < -0.39 is 0 Å². The normalized spacial score (nSPS) is 11.3. The van der Waals surface area contributed by atoms with Crippen molar-refractivity contribution in [3.8, 4) is 17.0 Å². The molecule has 7 nitrogen and oxygen atoms in total. The molecule has 0 amide bonds. The summed E-state index contributed by atoms with van der Waals surface area (Å²) in [6, 6.07) is 17.0. The summed E-state index contributed by atoms with van der Waals surface area (Å²) >= 11 is 6.07. The molecule has 8 heteroatoms. The molecule has 31 heavy (non-hydrogen) atoms. The predicted molar refractivity (Wildman–Crippen MR) is 120 cm³/mol. The van der Waals surface area contributed by atoms with Crippen LogP contribution >= 0.6 is 11.6 Å². The highest BCUT2D eigenvalue weighted by Gasteiger charge is 2.17. The van der Waals surface area contributed by atoms with E-state index >= 15 is 0 Å². The van der Waals surface area contributed by atoms with Gasteiger partial charge in [-0.1, -0.05) is 35.9 Å². The van der Waals surface area contributed by atoms with Crippen LogP contribution < -0.4 is 10.3 Å². The maximum atomic E-state index is 13.5. The second-order valence-electron chi connectivity index (χ2n) is 7.11. The topological polar surface area (TPSA) is 74.3 Å². The van der Waals surface area contributed by atoms with Crippen molar-refractivity contribution in [3.05, 3.63) is 88.1 Å². The number of ether oxygens (including phenoxy) is 1. The molecular formula is C23H18ClN5O2. The Morgan fingerprint density at radius 2 is 1.81 bits per heavy atom. The smallest absolute Gasteiger partial charge is 0.262 e. The fraction of sp³-hybridized carbons (Fsp3) is 0.130. The van der Waals surface area contributed by atoms with Crippen LogP contribution in [0.1, 0.15) is 5.56 Å². The van der Waals surface area contributed by atoms with Gasteiger partial charge in [-0.05, 0) is 42.3 Å². The third kappa shape index (κ3) is 3.53. The molecule has 0 radical (unpaired) electrons. The van der Waals surface area contributed by atoms with Crippen LogP contribution in [0.2, 0.25) is 5.02 Å². The minimum absolute atomic E-state index is 0.124. The Labute approximate surface area is 182 Å². The Kier molecular flexibility index (Phi) is 4.88. The van der Waals surface area contributed by atoms with Crippen molar-refractivity contribution < 1.29 is 4.74 Å². The molecule has 0 aliphatic rings. The molecule has 2 aromatic carbocycles. The average Bonchev–Trinajstić information content (AvgIpc) is 3.27. The second kappa shape index (κ2) is 7.85. The first-order valence-corrected chi connectivity index (χ1v) is 10.1. The molecule has 3 heterocycles. The van der Waals surface area contributed by atoms with Crippen LogP contribution in [0.5, 0.6) is 5.75 Å². The van der Waals surface area contributed by atoms with Crippen LogP contribution in [-0.2, 0) is 13.0 Å². The Hall–Kier alpha value is -3.71. The van der Waals surface area contributed by atoms with Crippen molar-refractivity contribution in [2.24, 2.45) is 0 Å². The molecule has 0 N–H and O–H groups in total. The Balaban J connectivity index is 1.62. The molecule has 5 aromatic rings. The summed E-state index contributed by atoms with van der Waals surface area (Å²) in [6.45, 7) is 0.538. The molecule has 0 saturated carbocycles. The average molecular weight is 432 g/mol. The zero-order valence-corrected chi connectivity index (χ0v) is 17.5. The van der Waals surface area contributed by atoms with Crippen molar-refractivity contribution in [1.82, 2.24) is 24.1 Å². The van der Waals surface area contributed by atoms with Crippen LogP contribution in [-0.4, -0.2) is 31.3 Å². The van der Waals surface area contributed by atoms with Gasteiger partial charge in [0.25, 0.3) is 11.3 Å². The van der Waals surface area contributed by atoms with Crippen LogP contribution in [0.15, 0.2) is 71.9 Å². The fourth-order valence-corrected chi connectivity index (χ4v) is 3.78. The van der Waals surface area contributed by atoms with E-state index in [-0.39, 0.29) is 5.56 Å². The maximum absolute atomic E-state index is 13.5.